The zero-order valence-corrected chi connectivity index (χ0v) is 15.6. The lowest BCUT2D eigenvalue weighted by molar-refractivity contribution is -0.151. The van der Waals surface area contributed by atoms with Gasteiger partial charge in [0.25, 0.3) is 0 Å². The SMILES string of the molecule is O=C(O)C1Oc2ccccc2OC1c1cccc(OCCOc2ccccc2)c1. The van der Waals surface area contributed by atoms with E-state index < -0.39 is 18.2 Å². The predicted octanol–water partition coefficient (Wildman–Crippen LogP) is 4.11. The summed E-state index contributed by atoms with van der Waals surface area (Å²) in [6.45, 7) is 0.744. The third kappa shape index (κ3) is 4.43. The van der Waals surface area contributed by atoms with Crippen LogP contribution in [-0.2, 0) is 4.79 Å². The summed E-state index contributed by atoms with van der Waals surface area (Å²) >= 11 is 0. The first-order chi connectivity index (χ1) is 14.2. The molecule has 0 fully saturated rings. The maximum absolute atomic E-state index is 11.7. The second-order valence-corrected chi connectivity index (χ2v) is 6.44. The number of ether oxygens (including phenoxy) is 4. The van der Waals surface area contributed by atoms with E-state index in [2.05, 4.69) is 0 Å². The Morgan fingerprint density at radius 2 is 1.41 bits per heavy atom. The molecule has 6 heteroatoms. The first-order valence-corrected chi connectivity index (χ1v) is 9.26. The van der Waals surface area contributed by atoms with E-state index in [1.807, 2.05) is 36.4 Å². The molecule has 1 N–H and O–H groups in total. The molecule has 0 saturated carbocycles. The van der Waals surface area contributed by atoms with Crippen molar-refractivity contribution in [3.05, 3.63) is 84.4 Å². The van der Waals surface area contributed by atoms with E-state index in [9.17, 15) is 9.90 Å². The quantitative estimate of drug-likeness (QED) is 0.610. The third-order valence-electron chi connectivity index (χ3n) is 4.43. The van der Waals surface area contributed by atoms with Gasteiger partial charge in [0.15, 0.2) is 17.6 Å². The number of fused-ring (bicyclic) bond motifs is 1. The van der Waals surface area contributed by atoms with Crippen LogP contribution in [0.3, 0.4) is 0 Å². The molecule has 3 aromatic carbocycles. The molecule has 4 rings (SSSR count). The molecule has 3 aromatic rings. The number of benzene rings is 3. The summed E-state index contributed by atoms with van der Waals surface area (Å²) in [6.07, 6.45) is -1.94. The van der Waals surface area contributed by atoms with Crippen LogP contribution in [0.4, 0.5) is 0 Å². The minimum atomic E-state index is -1.15. The Labute approximate surface area is 168 Å². The van der Waals surface area contributed by atoms with Gasteiger partial charge in [-0.2, -0.15) is 0 Å². The lowest BCUT2D eigenvalue weighted by atomic mass is 10.0. The van der Waals surface area contributed by atoms with Crippen LogP contribution in [0.2, 0.25) is 0 Å². The first-order valence-electron chi connectivity index (χ1n) is 9.26. The predicted molar refractivity (Wildman–Crippen MR) is 106 cm³/mol. The van der Waals surface area contributed by atoms with Crippen molar-refractivity contribution in [2.75, 3.05) is 13.2 Å². The molecule has 1 aliphatic rings. The van der Waals surface area contributed by atoms with Gasteiger partial charge in [-0.25, -0.2) is 4.79 Å². The number of para-hydroxylation sites is 3. The fraction of sp³-hybridized carbons (Fsp3) is 0.174. The normalized spacial score (nSPS) is 17.4. The van der Waals surface area contributed by atoms with E-state index in [0.717, 1.165) is 5.75 Å². The molecule has 6 nitrogen and oxygen atoms in total. The number of carboxylic acid groups (broad SMARTS) is 1. The molecule has 1 aliphatic heterocycles. The van der Waals surface area contributed by atoms with Crippen LogP contribution >= 0.6 is 0 Å². The van der Waals surface area contributed by atoms with E-state index in [-0.39, 0.29) is 0 Å². The smallest absolute Gasteiger partial charge is 0.349 e. The number of rotatable bonds is 7. The van der Waals surface area contributed by atoms with Crippen molar-refractivity contribution in [1.82, 2.24) is 0 Å². The van der Waals surface area contributed by atoms with E-state index in [0.29, 0.717) is 36.0 Å². The molecule has 0 amide bonds. The topological polar surface area (TPSA) is 74.2 Å². The standard InChI is InChI=1S/C23H20O6/c24-23(25)22-21(28-19-11-4-5-12-20(19)29-22)16-7-6-10-18(15-16)27-14-13-26-17-8-2-1-3-9-17/h1-12,15,21-22H,13-14H2,(H,24,25). The molecule has 0 radical (unpaired) electrons. The number of carbonyl (C=O) groups is 1. The van der Waals surface area contributed by atoms with Gasteiger partial charge in [0.1, 0.15) is 24.7 Å². The maximum atomic E-state index is 11.7. The maximum Gasteiger partial charge on any atom is 0.349 e. The summed E-state index contributed by atoms with van der Waals surface area (Å²) in [6, 6.07) is 23.7. The number of hydrogen-bond acceptors (Lipinski definition) is 5. The number of hydrogen-bond donors (Lipinski definition) is 1. The highest BCUT2D eigenvalue weighted by atomic mass is 16.6. The van der Waals surface area contributed by atoms with Crippen LogP contribution in [-0.4, -0.2) is 30.4 Å². The van der Waals surface area contributed by atoms with Gasteiger partial charge in [-0.3, -0.25) is 0 Å². The van der Waals surface area contributed by atoms with Gasteiger partial charge in [0.2, 0.25) is 6.10 Å². The summed E-state index contributed by atoms with van der Waals surface area (Å²) in [5, 5.41) is 9.59. The highest BCUT2D eigenvalue weighted by molar-refractivity contribution is 5.75. The molecule has 0 aliphatic carbocycles. The average molecular weight is 392 g/mol. The minimum absolute atomic E-state index is 0.353. The molecule has 0 saturated heterocycles. The summed E-state index contributed by atoms with van der Waals surface area (Å²) in [5.41, 5.74) is 0.661. The van der Waals surface area contributed by atoms with Crippen molar-refractivity contribution in [3.8, 4) is 23.0 Å². The Bertz CT molecular complexity index is 972. The Morgan fingerprint density at radius 3 is 2.14 bits per heavy atom. The van der Waals surface area contributed by atoms with Crippen LogP contribution < -0.4 is 18.9 Å². The highest BCUT2D eigenvalue weighted by Gasteiger charge is 2.38. The van der Waals surface area contributed by atoms with E-state index >= 15 is 0 Å². The minimum Gasteiger partial charge on any atom is -0.490 e. The molecular weight excluding hydrogens is 372 g/mol. The summed E-state index contributed by atoms with van der Waals surface area (Å²) in [5.74, 6) is 1.22. The largest absolute Gasteiger partial charge is 0.490 e. The lowest BCUT2D eigenvalue weighted by Crippen LogP contribution is -2.39. The van der Waals surface area contributed by atoms with Gasteiger partial charge in [-0.15, -0.1) is 0 Å². The van der Waals surface area contributed by atoms with Gasteiger partial charge in [-0.05, 0) is 36.4 Å². The molecule has 0 bridgehead atoms. The highest BCUT2D eigenvalue weighted by Crippen LogP contribution is 2.39. The molecule has 0 spiro atoms. The van der Waals surface area contributed by atoms with E-state index in [4.69, 9.17) is 18.9 Å². The van der Waals surface area contributed by atoms with Crippen LogP contribution in [0.1, 0.15) is 11.7 Å². The zero-order chi connectivity index (χ0) is 20.1. The molecule has 0 aromatic heterocycles. The van der Waals surface area contributed by atoms with Crippen LogP contribution in [0, 0.1) is 0 Å². The summed E-state index contributed by atoms with van der Waals surface area (Å²) < 4.78 is 23.0. The van der Waals surface area contributed by atoms with Gasteiger partial charge in [-0.1, -0.05) is 42.5 Å². The summed E-state index contributed by atoms with van der Waals surface area (Å²) in [7, 11) is 0. The molecule has 148 valence electrons. The summed E-state index contributed by atoms with van der Waals surface area (Å²) in [4.78, 5) is 11.7. The van der Waals surface area contributed by atoms with Gasteiger partial charge in [0.05, 0.1) is 0 Å². The van der Waals surface area contributed by atoms with Crippen molar-refractivity contribution < 1.29 is 28.8 Å². The van der Waals surface area contributed by atoms with Crippen molar-refractivity contribution in [3.63, 3.8) is 0 Å². The molecule has 1 heterocycles. The second kappa shape index (κ2) is 8.56. The fourth-order valence-electron chi connectivity index (χ4n) is 3.08. The number of carboxylic acids is 1. The van der Waals surface area contributed by atoms with Gasteiger partial charge in [0, 0.05) is 5.56 Å². The first kappa shape index (κ1) is 18.7. The molecule has 29 heavy (non-hydrogen) atoms. The number of aliphatic carboxylic acids is 1. The van der Waals surface area contributed by atoms with E-state index in [1.165, 1.54) is 0 Å². The Morgan fingerprint density at radius 1 is 0.793 bits per heavy atom. The molecular formula is C23H20O6. The van der Waals surface area contributed by atoms with Crippen LogP contribution in [0.15, 0.2) is 78.9 Å². The fourth-order valence-corrected chi connectivity index (χ4v) is 3.08. The van der Waals surface area contributed by atoms with Crippen molar-refractivity contribution in [2.45, 2.75) is 12.2 Å². The van der Waals surface area contributed by atoms with Gasteiger partial charge >= 0.3 is 5.97 Å². The molecule has 2 unspecified atom stereocenters. The third-order valence-corrected chi connectivity index (χ3v) is 4.43. The Balaban J connectivity index is 1.44. The monoisotopic (exact) mass is 392 g/mol. The van der Waals surface area contributed by atoms with Crippen molar-refractivity contribution in [2.24, 2.45) is 0 Å². The Kier molecular flexibility index (Phi) is 5.52. The van der Waals surface area contributed by atoms with Crippen LogP contribution in [0.25, 0.3) is 0 Å². The van der Waals surface area contributed by atoms with Crippen molar-refractivity contribution in [1.29, 1.82) is 0 Å². The Hall–Kier alpha value is -3.67. The molecule has 2 atom stereocenters. The van der Waals surface area contributed by atoms with E-state index in [1.54, 1.807) is 42.5 Å². The lowest BCUT2D eigenvalue weighted by Gasteiger charge is -2.32. The van der Waals surface area contributed by atoms with Crippen molar-refractivity contribution >= 4 is 5.97 Å². The van der Waals surface area contributed by atoms with Gasteiger partial charge < -0.3 is 24.1 Å². The zero-order valence-electron chi connectivity index (χ0n) is 15.6. The second-order valence-electron chi connectivity index (χ2n) is 6.44. The average Bonchev–Trinajstić information content (AvgIpc) is 2.77. The van der Waals surface area contributed by atoms with Crippen LogP contribution in [0.5, 0.6) is 23.0 Å².